The van der Waals surface area contributed by atoms with Crippen molar-refractivity contribution in [3.63, 3.8) is 0 Å². The molecule has 2 heterocycles. The van der Waals surface area contributed by atoms with Crippen molar-refractivity contribution in [3.05, 3.63) is 53.1 Å². The fourth-order valence-electron chi connectivity index (χ4n) is 3.15. The van der Waals surface area contributed by atoms with Crippen LogP contribution in [0.4, 0.5) is 5.69 Å². The number of carboxylic acid groups (broad SMARTS) is 1. The van der Waals surface area contributed by atoms with E-state index in [1.807, 2.05) is 32.0 Å². The van der Waals surface area contributed by atoms with Gasteiger partial charge in [-0.05, 0) is 38.5 Å². The van der Waals surface area contributed by atoms with Crippen molar-refractivity contribution in [3.8, 4) is 11.5 Å². The van der Waals surface area contributed by atoms with E-state index < -0.39 is 12.0 Å². The summed E-state index contributed by atoms with van der Waals surface area (Å²) >= 11 is 0. The van der Waals surface area contributed by atoms with E-state index in [1.165, 1.54) is 24.0 Å². The lowest BCUT2D eigenvalue weighted by atomic mass is 10.2. The number of hydrogen-bond donors (Lipinski definition) is 2. The van der Waals surface area contributed by atoms with Gasteiger partial charge in [0.15, 0.2) is 11.5 Å². The van der Waals surface area contributed by atoms with Crippen LogP contribution in [-0.4, -0.2) is 50.8 Å². The number of carboxylic acids is 1. The monoisotopic (exact) mass is 427 g/mol. The van der Waals surface area contributed by atoms with E-state index in [1.54, 1.807) is 18.9 Å². The first-order chi connectivity index (χ1) is 14.7. The number of carbonyl (C=O) groups is 2. The van der Waals surface area contributed by atoms with E-state index in [0.717, 1.165) is 11.3 Å². The van der Waals surface area contributed by atoms with Gasteiger partial charge in [-0.25, -0.2) is 4.79 Å². The van der Waals surface area contributed by atoms with Crippen molar-refractivity contribution < 1.29 is 24.2 Å². The number of benzene rings is 1. The predicted molar refractivity (Wildman–Crippen MR) is 113 cm³/mol. The number of ether oxygens (including phenoxy) is 2. The quantitative estimate of drug-likeness (QED) is 0.567. The molecule has 1 unspecified atom stereocenters. The lowest BCUT2D eigenvalue weighted by Crippen LogP contribution is -2.16. The Morgan fingerprint density at radius 3 is 2.55 bits per heavy atom. The smallest absolute Gasteiger partial charge is 0.328 e. The summed E-state index contributed by atoms with van der Waals surface area (Å²) in [5.74, 6) is -0.146. The van der Waals surface area contributed by atoms with Gasteiger partial charge in [0.2, 0.25) is 0 Å². The first kappa shape index (κ1) is 21.9. The maximum atomic E-state index is 12.7. The van der Waals surface area contributed by atoms with Crippen LogP contribution in [0.15, 0.2) is 30.6 Å². The zero-order valence-electron chi connectivity index (χ0n) is 18.0. The average Bonchev–Trinajstić information content (AvgIpc) is 3.34. The number of methoxy groups -OCH3 is 2. The Balaban J connectivity index is 1.79. The third kappa shape index (κ3) is 4.52. The standard InChI is InChI=1S/C21H25N5O5/c1-12-19(23-20(27)16-9-22-25(11-16)14(3)21(28)29)13(2)26(24-12)10-15-6-7-17(30-4)18(8-15)31-5/h6-9,11,14H,10H2,1-5H3,(H,23,27)(H,28,29). The molecule has 0 saturated carbocycles. The van der Waals surface area contributed by atoms with Gasteiger partial charge in [-0.1, -0.05) is 6.07 Å². The van der Waals surface area contributed by atoms with E-state index in [9.17, 15) is 9.59 Å². The highest BCUT2D eigenvalue weighted by atomic mass is 16.5. The minimum Gasteiger partial charge on any atom is -0.493 e. The van der Waals surface area contributed by atoms with E-state index >= 15 is 0 Å². The molecule has 10 heteroatoms. The molecule has 0 radical (unpaired) electrons. The minimum absolute atomic E-state index is 0.263. The van der Waals surface area contributed by atoms with Crippen molar-refractivity contribution in [2.45, 2.75) is 33.4 Å². The maximum absolute atomic E-state index is 12.7. The normalized spacial score (nSPS) is 11.8. The van der Waals surface area contributed by atoms with Crippen molar-refractivity contribution in [2.75, 3.05) is 19.5 Å². The highest BCUT2D eigenvalue weighted by Crippen LogP contribution is 2.28. The van der Waals surface area contributed by atoms with Gasteiger partial charge in [0.1, 0.15) is 6.04 Å². The van der Waals surface area contributed by atoms with Gasteiger partial charge >= 0.3 is 5.97 Å². The predicted octanol–water partition coefficient (Wildman–Crippen LogP) is 2.66. The number of aryl methyl sites for hydroxylation is 1. The molecule has 1 aromatic carbocycles. The number of carbonyl (C=O) groups excluding carboxylic acids is 1. The molecule has 0 spiro atoms. The molecular formula is C21H25N5O5. The van der Waals surface area contributed by atoms with Crippen LogP contribution in [0.2, 0.25) is 0 Å². The largest absolute Gasteiger partial charge is 0.493 e. The van der Waals surface area contributed by atoms with Crippen LogP contribution in [-0.2, 0) is 11.3 Å². The third-order valence-electron chi connectivity index (χ3n) is 5.02. The summed E-state index contributed by atoms with van der Waals surface area (Å²) in [5.41, 5.74) is 3.28. The number of hydrogen-bond acceptors (Lipinski definition) is 6. The summed E-state index contributed by atoms with van der Waals surface area (Å²) < 4.78 is 13.6. The average molecular weight is 427 g/mol. The van der Waals surface area contributed by atoms with Crippen molar-refractivity contribution in [1.29, 1.82) is 0 Å². The van der Waals surface area contributed by atoms with Gasteiger partial charge in [-0.2, -0.15) is 10.2 Å². The van der Waals surface area contributed by atoms with Crippen molar-refractivity contribution >= 4 is 17.6 Å². The number of rotatable bonds is 8. The van der Waals surface area contributed by atoms with E-state index in [0.29, 0.717) is 29.4 Å². The third-order valence-corrected chi connectivity index (χ3v) is 5.02. The molecule has 31 heavy (non-hydrogen) atoms. The summed E-state index contributed by atoms with van der Waals surface area (Å²) in [5, 5.41) is 20.5. The Morgan fingerprint density at radius 2 is 1.90 bits per heavy atom. The van der Waals surface area contributed by atoms with Gasteiger partial charge in [0.25, 0.3) is 5.91 Å². The van der Waals surface area contributed by atoms with Gasteiger partial charge in [0, 0.05) is 6.20 Å². The lowest BCUT2D eigenvalue weighted by molar-refractivity contribution is -0.140. The van der Waals surface area contributed by atoms with E-state index in [-0.39, 0.29) is 11.5 Å². The molecule has 0 saturated heterocycles. The SMILES string of the molecule is COc1ccc(Cn2nc(C)c(NC(=O)c3cnn(C(C)C(=O)O)c3)c2C)cc1OC. The Labute approximate surface area is 179 Å². The summed E-state index contributed by atoms with van der Waals surface area (Å²) in [6.07, 6.45) is 2.75. The Morgan fingerprint density at radius 1 is 1.19 bits per heavy atom. The van der Waals surface area contributed by atoms with E-state index in [4.69, 9.17) is 14.6 Å². The fraction of sp³-hybridized carbons (Fsp3) is 0.333. The molecule has 0 aliphatic heterocycles. The van der Waals surface area contributed by atoms with Crippen LogP contribution in [0.1, 0.15) is 40.3 Å². The topological polar surface area (TPSA) is 120 Å². The molecular weight excluding hydrogens is 402 g/mol. The Hall–Kier alpha value is -3.82. The van der Waals surface area contributed by atoms with Crippen LogP contribution in [0.5, 0.6) is 11.5 Å². The molecule has 1 atom stereocenters. The molecule has 3 rings (SSSR count). The molecule has 2 N–H and O–H groups in total. The number of amides is 1. The molecule has 0 aliphatic carbocycles. The molecule has 0 fully saturated rings. The maximum Gasteiger partial charge on any atom is 0.328 e. The highest BCUT2D eigenvalue weighted by Gasteiger charge is 2.19. The van der Waals surface area contributed by atoms with Crippen molar-refractivity contribution in [1.82, 2.24) is 19.6 Å². The van der Waals surface area contributed by atoms with Gasteiger partial charge in [0.05, 0.1) is 49.6 Å². The second-order valence-corrected chi connectivity index (χ2v) is 7.07. The van der Waals surface area contributed by atoms with Crippen LogP contribution in [0.25, 0.3) is 0 Å². The van der Waals surface area contributed by atoms with Gasteiger partial charge in [-0.3, -0.25) is 14.2 Å². The lowest BCUT2D eigenvalue weighted by Gasteiger charge is -2.11. The Kier molecular flexibility index (Phi) is 6.28. The molecule has 2 aromatic heterocycles. The van der Waals surface area contributed by atoms with E-state index in [2.05, 4.69) is 15.5 Å². The molecule has 10 nitrogen and oxygen atoms in total. The van der Waals surface area contributed by atoms with Gasteiger partial charge in [-0.15, -0.1) is 0 Å². The molecule has 0 aliphatic rings. The zero-order chi connectivity index (χ0) is 22.7. The number of nitrogens with one attached hydrogen (secondary N) is 1. The number of anilines is 1. The molecule has 0 bridgehead atoms. The summed E-state index contributed by atoms with van der Waals surface area (Å²) in [6, 6.07) is 4.77. The van der Waals surface area contributed by atoms with Crippen LogP contribution < -0.4 is 14.8 Å². The second-order valence-electron chi connectivity index (χ2n) is 7.07. The van der Waals surface area contributed by atoms with Crippen LogP contribution in [0, 0.1) is 13.8 Å². The summed E-state index contributed by atoms with van der Waals surface area (Å²) in [7, 11) is 3.16. The molecule has 1 amide bonds. The number of nitrogens with zero attached hydrogens (tertiary/aromatic N) is 4. The van der Waals surface area contributed by atoms with Gasteiger partial charge < -0.3 is 19.9 Å². The second kappa shape index (κ2) is 8.90. The number of aromatic nitrogens is 4. The minimum atomic E-state index is -1.03. The zero-order valence-corrected chi connectivity index (χ0v) is 18.0. The summed E-state index contributed by atoms with van der Waals surface area (Å²) in [4.78, 5) is 23.8. The Bertz CT molecular complexity index is 1120. The van der Waals surface area contributed by atoms with Crippen molar-refractivity contribution in [2.24, 2.45) is 0 Å². The summed E-state index contributed by atoms with van der Waals surface area (Å²) in [6.45, 7) is 5.65. The number of aliphatic carboxylic acids is 1. The molecule has 164 valence electrons. The highest BCUT2D eigenvalue weighted by molar-refractivity contribution is 6.04. The fourth-order valence-corrected chi connectivity index (χ4v) is 3.15. The molecule has 3 aromatic rings. The first-order valence-corrected chi connectivity index (χ1v) is 9.58. The van der Waals surface area contributed by atoms with Crippen LogP contribution in [0.3, 0.4) is 0 Å². The first-order valence-electron chi connectivity index (χ1n) is 9.58. The van der Waals surface area contributed by atoms with Crippen LogP contribution >= 0.6 is 0 Å².